The first kappa shape index (κ1) is 15.0. The molecule has 0 saturated carbocycles. The van der Waals surface area contributed by atoms with Gasteiger partial charge in [-0.1, -0.05) is 13.0 Å². The van der Waals surface area contributed by atoms with E-state index >= 15 is 0 Å². The molecule has 2 aromatic rings. The van der Waals surface area contributed by atoms with Gasteiger partial charge in [0.05, 0.1) is 6.54 Å². The number of nitrogens with one attached hydrogen (secondary N) is 1. The van der Waals surface area contributed by atoms with Crippen LogP contribution in [-0.4, -0.2) is 23.6 Å². The zero-order chi connectivity index (χ0) is 15.1. The van der Waals surface area contributed by atoms with Crippen LogP contribution in [0.5, 0.6) is 5.75 Å². The third-order valence-electron chi connectivity index (χ3n) is 3.04. The van der Waals surface area contributed by atoms with Crippen LogP contribution in [0.4, 0.5) is 5.69 Å². The van der Waals surface area contributed by atoms with Crippen LogP contribution < -0.4 is 15.8 Å². The average molecular weight is 287 g/mol. The van der Waals surface area contributed by atoms with Gasteiger partial charge in [-0.2, -0.15) is 0 Å². The quantitative estimate of drug-likeness (QED) is 0.606. The summed E-state index contributed by atoms with van der Waals surface area (Å²) in [5.41, 5.74) is 7.01. The topological polar surface area (TPSA) is 69.3 Å². The predicted molar refractivity (Wildman–Crippen MR) is 83.4 cm³/mol. The number of hydrogen-bond acceptors (Lipinski definition) is 3. The molecule has 112 valence electrons. The Hall–Kier alpha value is -2.43. The average Bonchev–Trinajstić information content (AvgIpc) is 2.92. The highest BCUT2D eigenvalue weighted by Gasteiger charge is 2.09. The van der Waals surface area contributed by atoms with Gasteiger partial charge in [0.25, 0.3) is 5.91 Å². The summed E-state index contributed by atoms with van der Waals surface area (Å²) >= 11 is 0. The first-order valence-electron chi connectivity index (χ1n) is 7.12. The molecule has 1 amide bonds. The van der Waals surface area contributed by atoms with Crippen molar-refractivity contribution in [2.24, 2.45) is 0 Å². The van der Waals surface area contributed by atoms with Crippen molar-refractivity contribution in [3.05, 3.63) is 48.3 Å². The fourth-order valence-electron chi connectivity index (χ4n) is 2.08. The van der Waals surface area contributed by atoms with Gasteiger partial charge in [0.15, 0.2) is 0 Å². The molecule has 3 N–H and O–H groups in total. The minimum atomic E-state index is -0.0791. The molecule has 0 bridgehead atoms. The Morgan fingerprint density at radius 2 is 2.19 bits per heavy atom. The number of rotatable bonds is 7. The second kappa shape index (κ2) is 7.38. The monoisotopic (exact) mass is 287 g/mol. The molecular formula is C16H21N3O2. The van der Waals surface area contributed by atoms with E-state index in [1.807, 2.05) is 35.0 Å². The molecule has 0 unspecified atom stereocenters. The van der Waals surface area contributed by atoms with Crippen molar-refractivity contribution in [2.75, 3.05) is 18.9 Å². The molecule has 0 aliphatic rings. The Kier molecular flexibility index (Phi) is 5.26. The van der Waals surface area contributed by atoms with Crippen LogP contribution in [0.3, 0.4) is 0 Å². The summed E-state index contributed by atoms with van der Waals surface area (Å²) in [5.74, 6) is 0.628. The number of hydrogen-bond donors (Lipinski definition) is 2. The maximum atomic E-state index is 12.1. The third-order valence-corrected chi connectivity index (χ3v) is 3.04. The lowest BCUT2D eigenvalue weighted by molar-refractivity contribution is 0.0937. The number of benzene rings is 1. The van der Waals surface area contributed by atoms with E-state index in [-0.39, 0.29) is 5.91 Å². The summed E-state index contributed by atoms with van der Waals surface area (Å²) < 4.78 is 7.48. The van der Waals surface area contributed by atoms with Gasteiger partial charge < -0.3 is 20.4 Å². The SMILES string of the molecule is CCCn1cccc1C(=O)NCCOc1cccc(N)c1. The molecule has 0 aliphatic carbocycles. The molecule has 0 radical (unpaired) electrons. The van der Waals surface area contributed by atoms with Gasteiger partial charge >= 0.3 is 0 Å². The molecular weight excluding hydrogens is 266 g/mol. The van der Waals surface area contributed by atoms with Crippen LogP contribution in [0, 0.1) is 0 Å². The lowest BCUT2D eigenvalue weighted by Crippen LogP contribution is -2.29. The minimum Gasteiger partial charge on any atom is -0.492 e. The Balaban J connectivity index is 1.78. The van der Waals surface area contributed by atoms with Crippen molar-refractivity contribution in [3.63, 3.8) is 0 Å². The summed E-state index contributed by atoms with van der Waals surface area (Å²) in [5, 5.41) is 2.85. The molecule has 0 saturated heterocycles. The fourth-order valence-corrected chi connectivity index (χ4v) is 2.08. The smallest absolute Gasteiger partial charge is 0.268 e. The van der Waals surface area contributed by atoms with Gasteiger partial charge in [0, 0.05) is 24.5 Å². The molecule has 1 aromatic heterocycles. The maximum Gasteiger partial charge on any atom is 0.268 e. The van der Waals surface area contributed by atoms with Crippen LogP contribution >= 0.6 is 0 Å². The second-order valence-electron chi connectivity index (χ2n) is 4.76. The number of carbonyl (C=O) groups is 1. The molecule has 2 rings (SSSR count). The summed E-state index contributed by atoms with van der Waals surface area (Å²) in [6.45, 7) is 3.78. The molecule has 5 nitrogen and oxygen atoms in total. The minimum absolute atomic E-state index is 0.0791. The lowest BCUT2D eigenvalue weighted by atomic mass is 10.3. The van der Waals surface area contributed by atoms with E-state index < -0.39 is 0 Å². The standard InChI is InChI=1S/C16H21N3O2/c1-2-9-19-10-4-7-15(19)16(20)18-8-11-21-14-6-3-5-13(17)12-14/h3-7,10,12H,2,8-9,11,17H2,1H3,(H,18,20). The van der Waals surface area contributed by atoms with E-state index in [4.69, 9.17) is 10.5 Å². The first-order chi connectivity index (χ1) is 10.2. The van der Waals surface area contributed by atoms with Crippen LogP contribution in [0.2, 0.25) is 0 Å². The van der Waals surface area contributed by atoms with E-state index in [0.717, 1.165) is 13.0 Å². The number of nitrogens with zero attached hydrogens (tertiary/aromatic N) is 1. The van der Waals surface area contributed by atoms with Crippen molar-refractivity contribution in [1.29, 1.82) is 0 Å². The molecule has 1 heterocycles. The molecule has 1 aromatic carbocycles. The maximum absolute atomic E-state index is 12.1. The van der Waals surface area contributed by atoms with Crippen molar-refractivity contribution in [2.45, 2.75) is 19.9 Å². The van der Waals surface area contributed by atoms with Crippen molar-refractivity contribution >= 4 is 11.6 Å². The number of aromatic nitrogens is 1. The predicted octanol–water partition coefficient (Wildman–Crippen LogP) is 2.29. The first-order valence-corrected chi connectivity index (χ1v) is 7.12. The van der Waals surface area contributed by atoms with E-state index in [0.29, 0.717) is 30.3 Å². The lowest BCUT2D eigenvalue weighted by Gasteiger charge is -2.10. The zero-order valence-electron chi connectivity index (χ0n) is 12.2. The number of amides is 1. The number of nitrogens with two attached hydrogens (primary N) is 1. The number of nitrogen functional groups attached to an aromatic ring is 1. The van der Waals surface area contributed by atoms with Crippen LogP contribution in [0.25, 0.3) is 0 Å². The molecule has 0 fully saturated rings. The second-order valence-corrected chi connectivity index (χ2v) is 4.76. The van der Waals surface area contributed by atoms with Gasteiger partial charge in [-0.3, -0.25) is 4.79 Å². The van der Waals surface area contributed by atoms with E-state index in [1.165, 1.54) is 0 Å². The highest BCUT2D eigenvalue weighted by molar-refractivity contribution is 5.92. The van der Waals surface area contributed by atoms with Crippen LogP contribution in [0.1, 0.15) is 23.8 Å². The molecule has 5 heteroatoms. The van der Waals surface area contributed by atoms with Gasteiger partial charge in [0.1, 0.15) is 18.1 Å². The summed E-state index contributed by atoms with van der Waals surface area (Å²) in [7, 11) is 0. The number of anilines is 1. The molecule has 21 heavy (non-hydrogen) atoms. The Morgan fingerprint density at radius 1 is 1.33 bits per heavy atom. The van der Waals surface area contributed by atoms with Gasteiger partial charge in [0.2, 0.25) is 0 Å². The van der Waals surface area contributed by atoms with E-state index in [9.17, 15) is 4.79 Å². The Morgan fingerprint density at radius 3 is 2.95 bits per heavy atom. The highest BCUT2D eigenvalue weighted by Crippen LogP contribution is 2.13. The molecule has 0 aliphatic heterocycles. The molecule has 0 spiro atoms. The Bertz CT molecular complexity index is 593. The van der Waals surface area contributed by atoms with E-state index in [1.54, 1.807) is 12.1 Å². The number of carbonyl (C=O) groups excluding carboxylic acids is 1. The highest BCUT2D eigenvalue weighted by atomic mass is 16.5. The summed E-state index contributed by atoms with van der Waals surface area (Å²) in [6, 6.07) is 10.9. The summed E-state index contributed by atoms with van der Waals surface area (Å²) in [4.78, 5) is 12.1. The zero-order valence-corrected chi connectivity index (χ0v) is 12.2. The van der Waals surface area contributed by atoms with E-state index in [2.05, 4.69) is 12.2 Å². The third kappa shape index (κ3) is 4.27. The van der Waals surface area contributed by atoms with Crippen molar-refractivity contribution in [3.8, 4) is 5.75 Å². The van der Waals surface area contributed by atoms with Gasteiger partial charge in [-0.05, 0) is 30.7 Å². The summed E-state index contributed by atoms with van der Waals surface area (Å²) in [6.07, 6.45) is 2.91. The fraction of sp³-hybridized carbons (Fsp3) is 0.312. The number of ether oxygens (including phenoxy) is 1. The van der Waals surface area contributed by atoms with Crippen LogP contribution in [0.15, 0.2) is 42.6 Å². The van der Waals surface area contributed by atoms with Crippen molar-refractivity contribution in [1.82, 2.24) is 9.88 Å². The van der Waals surface area contributed by atoms with Crippen LogP contribution in [-0.2, 0) is 6.54 Å². The normalized spacial score (nSPS) is 10.3. The Labute approximate surface area is 124 Å². The van der Waals surface area contributed by atoms with Crippen molar-refractivity contribution < 1.29 is 9.53 Å². The van der Waals surface area contributed by atoms with Gasteiger partial charge in [-0.15, -0.1) is 0 Å². The van der Waals surface area contributed by atoms with Gasteiger partial charge in [-0.25, -0.2) is 0 Å². The molecule has 0 atom stereocenters. The largest absolute Gasteiger partial charge is 0.492 e. The number of aryl methyl sites for hydroxylation is 1.